The molecule has 0 spiro atoms. The van der Waals surface area contributed by atoms with Crippen LogP contribution in [0, 0.1) is 0 Å². The van der Waals surface area contributed by atoms with Gasteiger partial charge in [-0.05, 0) is 63.2 Å². The monoisotopic (exact) mass is 366 g/mol. The van der Waals surface area contributed by atoms with Crippen LogP contribution in [0.25, 0.3) is 10.9 Å². The average Bonchev–Trinajstić information content (AvgIpc) is 3.03. The summed E-state index contributed by atoms with van der Waals surface area (Å²) in [4.78, 5) is 24.8. The highest BCUT2D eigenvalue weighted by Crippen LogP contribution is 2.23. The van der Waals surface area contributed by atoms with Crippen LogP contribution in [0.1, 0.15) is 31.1 Å². The van der Waals surface area contributed by atoms with Gasteiger partial charge in [-0.25, -0.2) is 4.79 Å². The molecule has 27 heavy (non-hydrogen) atoms. The van der Waals surface area contributed by atoms with Crippen molar-refractivity contribution < 1.29 is 19.1 Å². The number of nitrogens with zero attached hydrogens (tertiary/aromatic N) is 1. The standard InChI is InChI=1S/C21H22N2O4/c1-21(2,3)27-20(25)23-12-11-14-5-8-16(13-18(14)23)22-19(24)15-6-9-17(26-4)10-7-15/h5-13H,1-4H3,(H,22,24). The second kappa shape index (κ2) is 7.15. The molecule has 0 unspecified atom stereocenters. The number of anilines is 1. The van der Waals surface area contributed by atoms with Crippen molar-refractivity contribution in [2.75, 3.05) is 12.4 Å². The van der Waals surface area contributed by atoms with Crippen LogP contribution in [0.4, 0.5) is 10.5 Å². The van der Waals surface area contributed by atoms with E-state index in [0.717, 1.165) is 5.39 Å². The normalized spacial score (nSPS) is 11.3. The van der Waals surface area contributed by atoms with Gasteiger partial charge >= 0.3 is 6.09 Å². The average molecular weight is 366 g/mol. The zero-order valence-corrected chi connectivity index (χ0v) is 15.8. The molecule has 1 aromatic heterocycles. The predicted octanol–water partition coefficient (Wildman–Crippen LogP) is 4.69. The second-order valence-electron chi connectivity index (χ2n) is 7.12. The maximum absolute atomic E-state index is 12.4. The summed E-state index contributed by atoms with van der Waals surface area (Å²) < 4.78 is 12.0. The molecule has 0 atom stereocenters. The largest absolute Gasteiger partial charge is 0.497 e. The van der Waals surface area contributed by atoms with Crippen molar-refractivity contribution in [3.8, 4) is 5.75 Å². The highest BCUT2D eigenvalue weighted by atomic mass is 16.6. The fourth-order valence-electron chi connectivity index (χ4n) is 2.62. The van der Waals surface area contributed by atoms with E-state index in [1.807, 2.05) is 32.9 Å². The first kappa shape index (κ1) is 18.5. The number of amides is 1. The molecule has 2 aromatic carbocycles. The minimum Gasteiger partial charge on any atom is -0.497 e. The van der Waals surface area contributed by atoms with E-state index in [1.54, 1.807) is 49.7 Å². The maximum Gasteiger partial charge on any atom is 0.418 e. The van der Waals surface area contributed by atoms with Gasteiger partial charge in [-0.3, -0.25) is 9.36 Å². The summed E-state index contributed by atoms with van der Waals surface area (Å²) in [5.74, 6) is 0.440. The van der Waals surface area contributed by atoms with E-state index >= 15 is 0 Å². The van der Waals surface area contributed by atoms with Crippen molar-refractivity contribution in [3.05, 3.63) is 60.3 Å². The van der Waals surface area contributed by atoms with Gasteiger partial charge in [-0.15, -0.1) is 0 Å². The molecule has 0 saturated heterocycles. The Labute approximate surface area is 157 Å². The van der Waals surface area contributed by atoms with Crippen molar-refractivity contribution in [1.82, 2.24) is 4.57 Å². The Bertz CT molecular complexity index is 982. The lowest BCUT2D eigenvalue weighted by molar-refractivity contribution is 0.0544. The molecule has 140 valence electrons. The quantitative estimate of drug-likeness (QED) is 0.730. The maximum atomic E-state index is 12.4. The van der Waals surface area contributed by atoms with Crippen molar-refractivity contribution >= 4 is 28.6 Å². The number of methoxy groups -OCH3 is 1. The van der Waals surface area contributed by atoms with Crippen LogP contribution in [-0.2, 0) is 4.74 Å². The summed E-state index contributed by atoms with van der Waals surface area (Å²) in [6.45, 7) is 5.45. The topological polar surface area (TPSA) is 69.6 Å². The Morgan fingerprint density at radius 3 is 2.33 bits per heavy atom. The number of aromatic nitrogens is 1. The number of fused-ring (bicyclic) bond motifs is 1. The summed E-state index contributed by atoms with van der Waals surface area (Å²) in [6.07, 6.45) is 1.20. The van der Waals surface area contributed by atoms with Crippen molar-refractivity contribution in [2.45, 2.75) is 26.4 Å². The molecule has 1 N–H and O–H groups in total. The van der Waals surface area contributed by atoms with Gasteiger partial charge in [-0.2, -0.15) is 0 Å². The van der Waals surface area contributed by atoms with E-state index in [0.29, 0.717) is 22.5 Å². The third-order valence-electron chi connectivity index (χ3n) is 3.89. The number of carbonyl (C=O) groups excluding carboxylic acids is 2. The summed E-state index contributed by atoms with van der Waals surface area (Å²) in [7, 11) is 1.57. The number of hydrogen-bond acceptors (Lipinski definition) is 4. The molecule has 0 radical (unpaired) electrons. The van der Waals surface area contributed by atoms with Crippen LogP contribution in [0.3, 0.4) is 0 Å². The van der Waals surface area contributed by atoms with E-state index in [4.69, 9.17) is 9.47 Å². The molecule has 0 aliphatic heterocycles. The van der Waals surface area contributed by atoms with Crippen LogP contribution < -0.4 is 10.1 Å². The second-order valence-corrected chi connectivity index (χ2v) is 7.12. The number of benzene rings is 2. The molecule has 3 rings (SSSR count). The lowest BCUT2D eigenvalue weighted by Crippen LogP contribution is -2.26. The van der Waals surface area contributed by atoms with Crippen molar-refractivity contribution in [2.24, 2.45) is 0 Å². The number of nitrogens with one attached hydrogen (secondary N) is 1. The van der Waals surface area contributed by atoms with Crippen LogP contribution in [0.5, 0.6) is 5.75 Å². The van der Waals surface area contributed by atoms with E-state index in [-0.39, 0.29) is 5.91 Å². The SMILES string of the molecule is COc1ccc(C(=O)Nc2ccc3ccn(C(=O)OC(C)(C)C)c3c2)cc1. The van der Waals surface area contributed by atoms with Gasteiger partial charge in [0, 0.05) is 22.8 Å². The number of ether oxygens (including phenoxy) is 2. The number of carbonyl (C=O) groups is 2. The number of rotatable bonds is 3. The Hall–Kier alpha value is -3.28. The first-order valence-electron chi connectivity index (χ1n) is 8.57. The van der Waals surface area contributed by atoms with Crippen molar-refractivity contribution in [3.63, 3.8) is 0 Å². The van der Waals surface area contributed by atoms with E-state index in [1.165, 1.54) is 4.57 Å². The van der Waals surface area contributed by atoms with Gasteiger partial charge in [0.25, 0.3) is 5.91 Å². The van der Waals surface area contributed by atoms with Crippen LogP contribution in [0.15, 0.2) is 54.7 Å². The highest BCUT2D eigenvalue weighted by Gasteiger charge is 2.19. The van der Waals surface area contributed by atoms with Gasteiger partial charge in [0.05, 0.1) is 12.6 Å². The molecule has 3 aromatic rings. The third kappa shape index (κ3) is 4.28. The highest BCUT2D eigenvalue weighted by molar-refractivity contribution is 6.05. The molecule has 6 nitrogen and oxygen atoms in total. The van der Waals surface area contributed by atoms with Gasteiger partial charge in [0.2, 0.25) is 0 Å². The minimum atomic E-state index is -0.589. The van der Waals surface area contributed by atoms with Crippen molar-refractivity contribution in [1.29, 1.82) is 0 Å². The lowest BCUT2D eigenvalue weighted by Gasteiger charge is -2.19. The van der Waals surface area contributed by atoms with Gasteiger partial charge in [-0.1, -0.05) is 6.07 Å². The Kier molecular flexibility index (Phi) is 4.90. The fourth-order valence-corrected chi connectivity index (χ4v) is 2.62. The third-order valence-corrected chi connectivity index (χ3v) is 3.89. The summed E-state index contributed by atoms with van der Waals surface area (Å²) in [6, 6.07) is 14.1. The zero-order chi connectivity index (χ0) is 19.6. The predicted molar refractivity (Wildman–Crippen MR) is 105 cm³/mol. The first-order chi connectivity index (χ1) is 12.8. The Morgan fingerprint density at radius 1 is 1.00 bits per heavy atom. The molecular formula is C21H22N2O4. The summed E-state index contributed by atoms with van der Waals surface area (Å²) in [5.41, 5.74) is 1.18. The fraction of sp³-hybridized carbons (Fsp3) is 0.238. The van der Waals surface area contributed by atoms with Crippen LogP contribution >= 0.6 is 0 Å². The van der Waals surface area contributed by atoms with Crippen LogP contribution in [-0.4, -0.2) is 29.3 Å². The molecule has 1 heterocycles. The lowest BCUT2D eigenvalue weighted by atomic mass is 10.2. The molecule has 0 aliphatic carbocycles. The minimum absolute atomic E-state index is 0.243. The molecule has 0 saturated carbocycles. The van der Waals surface area contributed by atoms with Gasteiger partial charge in [0.15, 0.2) is 0 Å². The molecule has 0 bridgehead atoms. The van der Waals surface area contributed by atoms with Gasteiger partial charge in [0.1, 0.15) is 11.4 Å². The zero-order valence-electron chi connectivity index (χ0n) is 15.8. The summed E-state index contributed by atoms with van der Waals surface area (Å²) >= 11 is 0. The van der Waals surface area contributed by atoms with E-state index in [2.05, 4.69) is 5.32 Å². The molecule has 6 heteroatoms. The smallest absolute Gasteiger partial charge is 0.418 e. The van der Waals surface area contributed by atoms with Crippen LogP contribution in [0.2, 0.25) is 0 Å². The van der Waals surface area contributed by atoms with Gasteiger partial charge < -0.3 is 14.8 Å². The Balaban J connectivity index is 1.84. The molecule has 1 amide bonds. The molecule has 0 aliphatic rings. The first-order valence-corrected chi connectivity index (χ1v) is 8.57. The molecule has 0 fully saturated rings. The number of hydrogen-bond donors (Lipinski definition) is 1. The van der Waals surface area contributed by atoms with E-state index < -0.39 is 11.7 Å². The molecular weight excluding hydrogens is 344 g/mol. The van der Waals surface area contributed by atoms with E-state index in [9.17, 15) is 9.59 Å². The summed E-state index contributed by atoms with van der Waals surface area (Å²) in [5, 5.41) is 3.72. The Morgan fingerprint density at radius 2 is 1.70 bits per heavy atom.